The van der Waals surface area contributed by atoms with E-state index in [1.54, 1.807) is 23.5 Å². The molecule has 1 aromatic heterocycles. The van der Waals surface area contributed by atoms with Crippen molar-refractivity contribution in [2.45, 2.75) is 13.3 Å². The highest BCUT2D eigenvalue weighted by Gasteiger charge is 2.10. The predicted octanol–water partition coefficient (Wildman–Crippen LogP) is 3.46. The first-order chi connectivity index (χ1) is 9.06. The number of halogens is 1. The Morgan fingerprint density at radius 2 is 2.32 bits per heavy atom. The monoisotopic (exact) mass is 296 g/mol. The minimum Gasteiger partial charge on any atom is -0.478 e. The lowest BCUT2D eigenvalue weighted by Gasteiger charge is -2.09. The summed E-state index contributed by atoms with van der Waals surface area (Å²) in [6.07, 6.45) is 0.754. The number of thiazole rings is 1. The maximum Gasteiger partial charge on any atom is 0.337 e. The molecule has 0 spiro atoms. The van der Waals surface area contributed by atoms with Crippen molar-refractivity contribution >= 4 is 34.6 Å². The molecule has 0 atom stereocenters. The average Bonchev–Trinajstić information content (AvgIpc) is 2.75. The van der Waals surface area contributed by atoms with E-state index in [4.69, 9.17) is 16.7 Å². The average molecular weight is 297 g/mol. The van der Waals surface area contributed by atoms with E-state index in [-0.39, 0.29) is 5.56 Å². The van der Waals surface area contributed by atoms with Crippen molar-refractivity contribution in [3.05, 3.63) is 44.9 Å². The third-order valence-electron chi connectivity index (χ3n) is 2.53. The van der Waals surface area contributed by atoms with Gasteiger partial charge in [-0.25, -0.2) is 9.78 Å². The summed E-state index contributed by atoms with van der Waals surface area (Å²) in [4.78, 5) is 15.4. The Kier molecular flexibility index (Phi) is 4.39. The van der Waals surface area contributed by atoms with E-state index >= 15 is 0 Å². The van der Waals surface area contributed by atoms with Gasteiger partial charge in [-0.15, -0.1) is 11.3 Å². The minimum atomic E-state index is -0.968. The second-order valence-electron chi connectivity index (χ2n) is 4.05. The van der Waals surface area contributed by atoms with Crippen molar-refractivity contribution in [1.29, 1.82) is 0 Å². The van der Waals surface area contributed by atoms with Gasteiger partial charge in [-0.1, -0.05) is 11.6 Å². The van der Waals surface area contributed by atoms with Crippen molar-refractivity contribution in [3.8, 4) is 0 Å². The van der Waals surface area contributed by atoms with Crippen molar-refractivity contribution in [2.24, 2.45) is 0 Å². The van der Waals surface area contributed by atoms with Crippen LogP contribution in [0.5, 0.6) is 0 Å². The summed E-state index contributed by atoms with van der Waals surface area (Å²) in [5.41, 5.74) is 1.77. The van der Waals surface area contributed by atoms with Crippen molar-refractivity contribution in [2.75, 3.05) is 11.9 Å². The number of carboxylic acid groups (broad SMARTS) is 1. The molecule has 0 saturated heterocycles. The molecule has 0 aliphatic rings. The van der Waals surface area contributed by atoms with Gasteiger partial charge in [0, 0.05) is 29.1 Å². The van der Waals surface area contributed by atoms with Gasteiger partial charge in [0.15, 0.2) is 0 Å². The molecular formula is C13H13ClN2O2S. The Morgan fingerprint density at radius 3 is 2.95 bits per heavy atom. The lowest BCUT2D eigenvalue weighted by Crippen LogP contribution is -2.09. The molecule has 2 rings (SSSR count). The largest absolute Gasteiger partial charge is 0.478 e. The third-order valence-corrected chi connectivity index (χ3v) is 3.79. The van der Waals surface area contributed by atoms with E-state index in [0.29, 0.717) is 17.3 Å². The molecule has 2 N–H and O–H groups in total. The molecule has 0 amide bonds. The highest BCUT2D eigenvalue weighted by Crippen LogP contribution is 2.21. The summed E-state index contributed by atoms with van der Waals surface area (Å²) in [5, 5.41) is 15.7. The summed E-state index contributed by atoms with van der Waals surface area (Å²) in [7, 11) is 0. The zero-order chi connectivity index (χ0) is 13.8. The number of rotatable bonds is 5. The fraction of sp³-hybridized carbons (Fsp3) is 0.231. The molecule has 6 heteroatoms. The highest BCUT2D eigenvalue weighted by atomic mass is 35.5. The molecule has 0 aliphatic carbocycles. The Bertz CT molecular complexity index is 598. The molecular weight excluding hydrogens is 284 g/mol. The smallest absolute Gasteiger partial charge is 0.337 e. The van der Waals surface area contributed by atoms with Crippen LogP contribution < -0.4 is 5.32 Å². The van der Waals surface area contributed by atoms with Gasteiger partial charge in [0.2, 0.25) is 0 Å². The Morgan fingerprint density at radius 1 is 1.53 bits per heavy atom. The van der Waals surface area contributed by atoms with Gasteiger partial charge in [-0.05, 0) is 25.1 Å². The number of anilines is 1. The Labute approximate surface area is 120 Å². The SMILES string of the molecule is Cc1csc(CCNc2cc(Cl)ccc2C(=O)O)n1. The minimum absolute atomic E-state index is 0.222. The maximum atomic E-state index is 11.1. The van der Waals surface area contributed by atoms with Gasteiger partial charge < -0.3 is 10.4 Å². The summed E-state index contributed by atoms with van der Waals surface area (Å²) in [5.74, 6) is -0.968. The quantitative estimate of drug-likeness (QED) is 0.887. The number of aromatic nitrogens is 1. The number of aromatic carboxylic acids is 1. The molecule has 0 radical (unpaired) electrons. The van der Waals surface area contributed by atoms with Crippen molar-refractivity contribution in [1.82, 2.24) is 4.98 Å². The molecule has 0 fully saturated rings. The van der Waals surface area contributed by atoms with Crippen LogP contribution >= 0.6 is 22.9 Å². The molecule has 2 aromatic rings. The Balaban J connectivity index is 2.02. The summed E-state index contributed by atoms with van der Waals surface area (Å²) >= 11 is 7.48. The first kappa shape index (κ1) is 13.8. The summed E-state index contributed by atoms with van der Waals surface area (Å²) in [6, 6.07) is 4.69. The van der Waals surface area contributed by atoms with E-state index in [0.717, 1.165) is 17.1 Å². The summed E-state index contributed by atoms with van der Waals surface area (Å²) in [6.45, 7) is 2.57. The van der Waals surface area contributed by atoms with Gasteiger partial charge in [0.05, 0.1) is 16.3 Å². The number of benzene rings is 1. The van der Waals surface area contributed by atoms with Crippen LogP contribution in [-0.2, 0) is 6.42 Å². The number of nitrogens with one attached hydrogen (secondary N) is 1. The fourth-order valence-corrected chi connectivity index (χ4v) is 2.62. The second-order valence-corrected chi connectivity index (χ2v) is 5.43. The van der Waals surface area contributed by atoms with Gasteiger partial charge in [0.25, 0.3) is 0 Å². The van der Waals surface area contributed by atoms with E-state index in [9.17, 15) is 4.79 Å². The number of carbonyl (C=O) groups is 1. The lowest BCUT2D eigenvalue weighted by molar-refractivity contribution is 0.0698. The molecule has 1 heterocycles. The Hall–Kier alpha value is -1.59. The van der Waals surface area contributed by atoms with Gasteiger partial charge >= 0.3 is 5.97 Å². The zero-order valence-electron chi connectivity index (χ0n) is 10.3. The molecule has 19 heavy (non-hydrogen) atoms. The van der Waals surface area contributed by atoms with E-state index in [1.807, 2.05) is 12.3 Å². The molecule has 0 aliphatic heterocycles. The number of hydrogen-bond donors (Lipinski definition) is 2. The van der Waals surface area contributed by atoms with Crippen LogP contribution in [0.4, 0.5) is 5.69 Å². The molecule has 0 saturated carbocycles. The predicted molar refractivity (Wildman–Crippen MR) is 77.5 cm³/mol. The van der Waals surface area contributed by atoms with Crippen LogP contribution in [0.3, 0.4) is 0 Å². The van der Waals surface area contributed by atoms with Crippen LogP contribution in [0.15, 0.2) is 23.6 Å². The molecule has 100 valence electrons. The van der Waals surface area contributed by atoms with Crippen LogP contribution in [0.1, 0.15) is 21.1 Å². The topological polar surface area (TPSA) is 62.2 Å². The number of aryl methyl sites for hydroxylation is 1. The van der Waals surface area contributed by atoms with Crippen molar-refractivity contribution < 1.29 is 9.90 Å². The molecule has 1 aromatic carbocycles. The number of hydrogen-bond acceptors (Lipinski definition) is 4. The van der Waals surface area contributed by atoms with E-state index in [1.165, 1.54) is 6.07 Å². The van der Waals surface area contributed by atoms with Crippen LogP contribution in [-0.4, -0.2) is 22.6 Å². The molecule has 0 bridgehead atoms. The second kappa shape index (κ2) is 6.04. The standard InChI is InChI=1S/C13H13ClN2O2S/c1-8-7-19-12(16-8)4-5-15-11-6-9(14)2-3-10(11)13(17)18/h2-3,6-7,15H,4-5H2,1H3,(H,17,18). The number of carboxylic acids is 1. The van der Waals surface area contributed by atoms with Crippen LogP contribution in [0.2, 0.25) is 5.02 Å². The first-order valence-corrected chi connectivity index (χ1v) is 7.00. The van der Waals surface area contributed by atoms with Gasteiger partial charge in [0.1, 0.15) is 0 Å². The van der Waals surface area contributed by atoms with Crippen LogP contribution in [0.25, 0.3) is 0 Å². The van der Waals surface area contributed by atoms with E-state index in [2.05, 4.69) is 10.3 Å². The fourth-order valence-electron chi connectivity index (χ4n) is 1.67. The van der Waals surface area contributed by atoms with Crippen molar-refractivity contribution in [3.63, 3.8) is 0 Å². The lowest BCUT2D eigenvalue weighted by atomic mass is 10.2. The molecule has 0 unspecified atom stereocenters. The highest BCUT2D eigenvalue weighted by molar-refractivity contribution is 7.09. The third kappa shape index (κ3) is 3.68. The first-order valence-electron chi connectivity index (χ1n) is 5.74. The van der Waals surface area contributed by atoms with Crippen LogP contribution in [0, 0.1) is 6.92 Å². The zero-order valence-corrected chi connectivity index (χ0v) is 11.9. The number of nitrogens with zero attached hydrogens (tertiary/aromatic N) is 1. The van der Waals surface area contributed by atoms with Gasteiger partial charge in [-0.3, -0.25) is 0 Å². The van der Waals surface area contributed by atoms with Gasteiger partial charge in [-0.2, -0.15) is 0 Å². The summed E-state index contributed by atoms with van der Waals surface area (Å²) < 4.78 is 0. The normalized spacial score (nSPS) is 10.4. The maximum absolute atomic E-state index is 11.1. The molecule has 4 nitrogen and oxygen atoms in total. The van der Waals surface area contributed by atoms with E-state index < -0.39 is 5.97 Å².